The first kappa shape index (κ1) is 32.1. The molecule has 4 atom stereocenters. The maximum absolute atomic E-state index is 13.8. The van der Waals surface area contributed by atoms with E-state index in [2.05, 4.69) is 15.3 Å². The predicted octanol–water partition coefficient (Wildman–Crippen LogP) is 4.76. The zero-order chi connectivity index (χ0) is 31.4. The molecule has 43 heavy (non-hydrogen) atoms. The lowest BCUT2D eigenvalue weighted by Gasteiger charge is -2.49. The molecule has 2 heterocycles. The molecule has 1 fully saturated rings. The second kappa shape index (κ2) is 13.2. The molecular weight excluding hydrogens is 559 g/mol. The van der Waals surface area contributed by atoms with Crippen LogP contribution in [0.1, 0.15) is 51.3 Å². The molecule has 1 saturated heterocycles. The fraction of sp³-hybridized carbons (Fsp3) is 0.438. The summed E-state index contributed by atoms with van der Waals surface area (Å²) in [6, 6.07) is 15.5. The number of aromatic nitrogens is 2. The van der Waals surface area contributed by atoms with Gasteiger partial charge in [0.15, 0.2) is 11.4 Å². The Morgan fingerprint density at radius 3 is 2.21 bits per heavy atom. The molecule has 8 nitrogen and oxygen atoms in total. The lowest BCUT2D eigenvalue weighted by Crippen LogP contribution is -2.65. The van der Waals surface area contributed by atoms with Crippen LogP contribution in [0.25, 0.3) is 11.4 Å². The van der Waals surface area contributed by atoms with Crippen LogP contribution >= 0.6 is 0 Å². The number of nitrogens with zero attached hydrogens (tertiary/aromatic N) is 4. The van der Waals surface area contributed by atoms with Gasteiger partial charge in [0, 0.05) is 62.0 Å². The van der Waals surface area contributed by atoms with E-state index in [9.17, 15) is 27.9 Å². The maximum Gasteiger partial charge on any atom is 0.416 e. The van der Waals surface area contributed by atoms with Crippen LogP contribution in [-0.4, -0.2) is 73.6 Å². The number of benzene rings is 2. The molecule has 2 N–H and O–H groups in total. The lowest BCUT2D eigenvalue weighted by molar-refractivity contribution is -0.259. The van der Waals surface area contributed by atoms with E-state index in [4.69, 9.17) is 0 Å². The van der Waals surface area contributed by atoms with Gasteiger partial charge in [-0.2, -0.15) is 13.2 Å². The maximum atomic E-state index is 13.8. The fourth-order valence-electron chi connectivity index (χ4n) is 5.40. The summed E-state index contributed by atoms with van der Waals surface area (Å²) in [4.78, 5) is 38.8. The smallest absolute Gasteiger partial charge is 0.381 e. The number of hydrogen-bond acceptors (Lipinski definition) is 6. The predicted molar refractivity (Wildman–Crippen MR) is 156 cm³/mol. The van der Waals surface area contributed by atoms with E-state index in [-0.39, 0.29) is 31.5 Å². The van der Waals surface area contributed by atoms with Crippen molar-refractivity contribution in [1.29, 1.82) is 0 Å². The molecule has 4 rings (SSSR count). The topological polar surface area (TPSA) is 98.7 Å². The van der Waals surface area contributed by atoms with Gasteiger partial charge in [0.25, 0.3) is 0 Å². The van der Waals surface area contributed by atoms with Crippen LogP contribution in [0.15, 0.2) is 73.1 Å². The number of alkyl halides is 3. The van der Waals surface area contributed by atoms with E-state index in [1.54, 1.807) is 79.4 Å². The Bertz CT molecular complexity index is 1370. The Labute approximate surface area is 250 Å². The summed E-state index contributed by atoms with van der Waals surface area (Å²) in [5.41, 5.74) is -0.734. The number of rotatable bonds is 9. The van der Waals surface area contributed by atoms with Crippen molar-refractivity contribution in [3.8, 4) is 11.4 Å². The molecule has 0 saturated carbocycles. The monoisotopic (exact) mass is 597 g/mol. The third-order valence-electron chi connectivity index (χ3n) is 7.84. The van der Waals surface area contributed by atoms with Crippen LogP contribution in [0, 0.1) is 5.92 Å². The molecule has 0 aliphatic carbocycles. The summed E-state index contributed by atoms with van der Waals surface area (Å²) in [5.74, 6) is -0.420. The molecule has 0 bridgehead atoms. The molecule has 2 aromatic carbocycles. The minimum absolute atomic E-state index is 0.00636. The number of carbonyl (C=O) groups is 2. The summed E-state index contributed by atoms with van der Waals surface area (Å²) in [6.07, 6.45) is -2.17. The van der Waals surface area contributed by atoms with Crippen molar-refractivity contribution in [3.63, 3.8) is 0 Å². The lowest BCUT2D eigenvalue weighted by atomic mass is 9.89. The number of piperazine rings is 1. The quantitative estimate of drug-likeness (QED) is 0.369. The zero-order valence-corrected chi connectivity index (χ0v) is 24.8. The van der Waals surface area contributed by atoms with Crippen molar-refractivity contribution in [2.75, 3.05) is 13.1 Å². The van der Waals surface area contributed by atoms with E-state index < -0.39 is 42.2 Å². The normalized spacial score (nSPS) is 20.0. The molecule has 0 spiro atoms. The summed E-state index contributed by atoms with van der Waals surface area (Å²) in [7, 11) is 0. The number of nitrogens with one attached hydrogen (secondary N) is 1. The Morgan fingerprint density at radius 2 is 1.63 bits per heavy atom. The number of carbonyl (C=O) groups excluding carboxylic acids is 2. The molecule has 2 amide bonds. The van der Waals surface area contributed by atoms with Crippen molar-refractivity contribution in [1.82, 2.24) is 25.1 Å². The largest absolute Gasteiger partial charge is 0.416 e. The Balaban J connectivity index is 1.58. The highest BCUT2D eigenvalue weighted by molar-refractivity contribution is 5.89. The molecule has 3 aromatic rings. The molecule has 1 unspecified atom stereocenters. The molecule has 11 heteroatoms. The number of hydrogen-bond donors (Lipinski definition) is 2. The first-order valence-electron chi connectivity index (χ1n) is 14.3. The third-order valence-corrected chi connectivity index (χ3v) is 7.84. The average molecular weight is 598 g/mol. The van der Waals surface area contributed by atoms with Gasteiger partial charge >= 0.3 is 6.18 Å². The zero-order valence-electron chi connectivity index (χ0n) is 24.8. The Hall–Kier alpha value is -3.83. The standard InChI is InChI=1S/C32H38F3N5O3/c1-21(2)30(42)40-22(3)19-39(26(24-9-6-5-7-10-24)17-31(4,43)32(33,34)35)20-27(40)29(41)38-18-23-11-13-25(14-12-23)28-36-15-8-16-37-28/h5-16,21-22,26-27,43H,17-20H2,1-4H3,(H,38,41)/t22-,26-,27-,31?/m1/s1. The van der Waals surface area contributed by atoms with Gasteiger partial charge in [-0.15, -0.1) is 0 Å². The highest BCUT2D eigenvalue weighted by Gasteiger charge is 2.52. The van der Waals surface area contributed by atoms with Gasteiger partial charge in [-0.05, 0) is 31.0 Å². The minimum Gasteiger partial charge on any atom is -0.381 e. The highest BCUT2D eigenvalue weighted by Crippen LogP contribution is 2.40. The van der Waals surface area contributed by atoms with E-state index in [1.807, 2.05) is 24.3 Å². The number of amides is 2. The van der Waals surface area contributed by atoms with E-state index in [0.717, 1.165) is 18.1 Å². The van der Waals surface area contributed by atoms with Gasteiger partial charge in [-0.3, -0.25) is 14.5 Å². The highest BCUT2D eigenvalue weighted by atomic mass is 19.4. The summed E-state index contributed by atoms with van der Waals surface area (Å²) in [5, 5.41) is 13.4. The van der Waals surface area contributed by atoms with Crippen molar-refractivity contribution in [2.45, 2.75) is 70.6 Å². The van der Waals surface area contributed by atoms with Gasteiger partial charge in [-0.25, -0.2) is 9.97 Å². The van der Waals surface area contributed by atoms with E-state index >= 15 is 0 Å². The van der Waals surface area contributed by atoms with Gasteiger partial charge < -0.3 is 15.3 Å². The summed E-state index contributed by atoms with van der Waals surface area (Å²) >= 11 is 0. The van der Waals surface area contributed by atoms with Gasteiger partial charge in [0.2, 0.25) is 11.8 Å². The van der Waals surface area contributed by atoms with E-state index in [0.29, 0.717) is 11.4 Å². The Kier molecular flexibility index (Phi) is 9.86. The molecule has 0 radical (unpaired) electrons. The molecular formula is C32H38F3N5O3. The van der Waals surface area contributed by atoms with Crippen LogP contribution in [0.4, 0.5) is 13.2 Å². The molecule has 1 aliphatic rings. The van der Waals surface area contributed by atoms with Crippen LogP contribution in [0.3, 0.4) is 0 Å². The Morgan fingerprint density at radius 1 is 1.00 bits per heavy atom. The van der Waals surface area contributed by atoms with Crippen molar-refractivity contribution in [2.24, 2.45) is 5.92 Å². The molecule has 1 aliphatic heterocycles. The van der Waals surface area contributed by atoms with Crippen molar-refractivity contribution < 1.29 is 27.9 Å². The second-order valence-corrected chi connectivity index (χ2v) is 11.6. The average Bonchev–Trinajstić information content (AvgIpc) is 2.98. The molecule has 1 aromatic heterocycles. The molecule has 230 valence electrons. The third kappa shape index (κ3) is 7.58. The summed E-state index contributed by atoms with van der Waals surface area (Å²) < 4.78 is 41.4. The van der Waals surface area contributed by atoms with Gasteiger partial charge in [0.05, 0.1) is 0 Å². The van der Waals surface area contributed by atoms with Gasteiger partial charge in [-0.1, -0.05) is 68.4 Å². The number of halogens is 3. The first-order chi connectivity index (χ1) is 20.3. The van der Waals surface area contributed by atoms with Crippen LogP contribution in [0.5, 0.6) is 0 Å². The van der Waals surface area contributed by atoms with Crippen LogP contribution in [-0.2, 0) is 16.1 Å². The summed E-state index contributed by atoms with van der Waals surface area (Å²) in [6.45, 7) is 6.49. The van der Waals surface area contributed by atoms with E-state index in [1.165, 1.54) is 0 Å². The van der Waals surface area contributed by atoms with Crippen molar-refractivity contribution >= 4 is 11.8 Å². The minimum atomic E-state index is -4.85. The SMILES string of the molecule is CC(C)C(=O)N1[C@H](C)CN([C@H](CC(C)(O)C(F)(F)F)c2ccccc2)C[C@@H]1C(=O)NCc1ccc(-c2ncccn2)cc1. The van der Waals surface area contributed by atoms with Crippen LogP contribution < -0.4 is 5.32 Å². The van der Waals surface area contributed by atoms with Gasteiger partial charge in [0.1, 0.15) is 6.04 Å². The fourth-order valence-corrected chi connectivity index (χ4v) is 5.40. The first-order valence-corrected chi connectivity index (χ1v) is 14.3. The van der Waals surface area contributed by atoms with Crippen molar-refractivity contribution in [3.05, 3.63) is 84.2 Å². The second-order valence-electron chi connectivity index (χ2n) is 11.6. The number of aliphatic hydroxyl groups is 1. The van der Waals surface area contributed by atoms with Crippen LogP contribution in [0.2, 0.25) is 0 Å².